The zero-order chi connectivity index (χ0) is 4.41. The van der Waals surface area contributed by atoms with E-state index in [1.165, 1.54) is 0 Å². The molecule has 0 saturated carbocycles. The molecule has 1 atom stereocenters. The number of nitrogens with one attached hydrogen (secondary N) is 1. The van der Waals surface area contributed by atoms with Crippen LogP contribution in [0.4, 0.5) is 0 Å². The minimum absolute atomic E-state index is 0. The number of rotatable bonds is 0. The van der Waals surface area contributed by atoms with Crippen molar-refractivity contribution in [2.75, 3.05) is 6.54 Å². The molecule has 0 aromatic carbocycles. The first-order valence-electron chi connectivity index (χ1n) is 2.28. The standard InChI is InChI=1S/C5H9N.Li/c1-5-3-2-4-6-5;/h2,5-6H,1,3-4H2;/q-2;+1. The maximum absolute atomic E-state index is 3.80. The van der Waals surface area contributed by atoms with E-state index >= 15 is 0 Å². The smallest absolute Gasteiger partial charge is 0.375 e. The molecule has 0 aromatic heterocycles. The van der Waals surface area contributed by atoms with Crippen molar-refractivity contribution in [3.8, 4) is 0 Å². The Morgan fingerprint density at radius 3 is 2.57 bits per heavy atom. The second-order valence-corrected chi connectivity index (χ2v) is 1.63. The molecule has 1 N–H and O–H groups in total. The third-order valence-electron chi connectivity index (χ3n) is 1.00. The molecule has 1 heterocycles. The Kier molecular flexibility index (Phi) is 3.83. The predicted octanol–water partition coefficient (Wildman–Crippen LogP) is -2.61. The molecule has 1 aliphatic heterocycles. The summed E-state index contributed by atoms with van der Waals surface area (Å²) in [5.74, 6) is 0. The van der Waals surface area contributed by atoms with E-state index in [-0.39, 0.29) is 18.9 Å². The van der Waals surface area contributed by atoms with Gasteiger partial charge in [-0.1, -0.05) is 0 Å². The predicted molar refractivity (Wildman–Crippen MR) is 26.1 cm³/mol. The van der Waals surface area contributed by atoms with Crippen molar-refractivity contribution >= 4 is 0 Å². The average molecular weight is 90.1 g/mol. The van der Waals surface area contributed by atoms with Crippen molar-refractivity contribution in [1.82, 2.24) is 5.32 Å². The van der Waals surface area contributed by atoms with Gasteiger partial charge in [0, 0.05) is 0 Å². The van der Waals surface area contributed by atoms with Crippen molar-refractivity contribution in [1.29, 1.82) is 0 Å². The summed E-state index contributed by atoms with van der Waals surface area (Å²) < 4.78 is 0. The zero-order valence-corrected chi connectivity index (χ0v) is 4.78. The summed E-state index contributed by atoms with van der Waals surface area (Å²) in [7, 11) is 0. The molecule has 1 unspecified atom stereocenters. The minimum atomic E-state index is 0. The van der Waals surface area contributed by atoms with Crippen LogP contribution in [0, 0.1) is 13.3 Å². The van der Waals surface area contributed by atoms with Gasteiger partial charge in [0.05, 0.1) is 0 Å². The first-order chi connectivity index (χ1) is 2.89. The number of hydrogen-bond donors (Lipinski definition) is 1. The molecule has 0 aliphatic carbocycles. The Morgan fingerprint density at radius 1 is 1.71 bits per heavy atom. The summed E-state index contributed by atoms with van der Waals surface area (Å²) in [6.45, 7) is 4.84. The summed E-state index contributed by atoms with van der Waals surface area (Å²) in [4.78, 5) is 0. The summed E-state index contributed by atoms with van der Waals surface area (Å²) >= 11 is 0. The van der Waals surface area contributed by atoms with E-state index in [4.69, 9.17) is 0 Å². The fourth-order valence-corrected chi connectivity index (χ4v) is 0.618. The van der Waals surface area contributed by atoms with Crippen LogP contribution >= 0.6 is 0 Å². The van der Waals surface area contributed by atoms with Crippen LogP contribution in [0.3, 0.4) is 0 Å². The quantitative estimate of drug-likeness (QED) is 0.254. The van der Waals surface area contributed by atoms with E-state index in [9.17, 15) is 0 Å². The molecule has 2 heteroatoms. The van der Waals surface area contributed by atoms with Gasteiger partial charge in [0.2, 0.25) is 0 Å². The largest absolute Gasteiger partial charge is 1.00 e. The van der Waals surface area contributed by atoms with Crippen molar-refractivity contribution in [3.05, 3.63) is 13.3 Å². The topological polar surface area (TPSA) is 12.0 Å². The van der Waals surface area contributed by atoms with Crippen molar-refractivity contribution in [2.45, 2.75) is 12.5 Å². The van der Waals surface area contributed by atoms with Crippen LogP contribution in [-0.4, -0.2) is 12.6 Å². The van der Waals surface area contributed by atoms with Crippen LogP contribution in [0.15, 0.2) is 0 Å². The molecular weight excluding hydrogens is 81.0 g/mol. The van der Waals surface area contributed by atoms with Crippen LogP contribution in [-0.2, 0) is 0 Å². The van der Waals surface area contributed by atoms with Crippen LogP contribution in [0.2, 0.25) is 0 Å². The van der Waals surface area contributed by atoms with Gasteiger partial charge < -0.3 is 18.7 Å². The third-order valence-corrected chi connectivity index (χ3v) is 1.00. The Bertz CT molecular complexity index is 41.3. The molecule has 1 saturated heterocycles. The summed E-state index contributed by atoms with van der Waals surface area (Å²) in [5, 5.41) is 3.15. The minimum Gasteiger partial charge on any atom is -0.375 e. The average Bonchev–Trinajstić information content (AvgIpc) is 1.86. The van der Waals surface area contributed by atoms with Gasteiger partial charge in [0.1, 0.15) is 0 Å². The molecule has 0 spiro atoms. The van der Waals surface area contributed by atoms with Crippen LogP contribution in [0.5, 0.6) is 0 Å². The second-order valence-electron chi connectivity index (χ2n) is 1.63. The van der Waals surface area contributed by atoms with E-state index in [2.05, 4.69) is 18.7 Å². The molecule has 1 nitrogen and oxygen atoms in total. The van der Waals surface area contributed by atoms with Crippen molar-refractivity contribution in [3.63, 3.8) is 0 Å². The molecule has 0 amide bonds. The van der Waals surface area contributed by atoms with E-state index < -0.39 is 0 Å². The molecule has 0 bridgehead atoms. The van der Waals surface area contributed by atoms with Gasteiger partial charge in [0.15, 0.2) is 0 Å². The third kappa shape index (κ3) is 2.38. The van der Waals surface area contributed by atoms with Gasteiger partial charge in [-0.3, -0.25) is 0 Å². The van der Waals surface area contributed by atoms with Crippen molar-refractivity contribution < 1.29 is 18.9 Å². The van der Waals surface area contributed by atoms with Gasteiger partial charge in [-0.05, 0) is 0 Å². The fourth-order valence-electron chi connectivity index (χ4n) is 0.618. The summed E-state index contributed by atoms with van der Waals surface area (Å²) in [6, 6.07) is 0.491. The maximum atomic E-state index is 3.80. The number of hydrogen-bond acceptors (Lipinski definition) is 1. The SMILES string of the molecule is [CH2-]C1C[CH-]CN1.[Li+]. The molecule has 7 heavy (non-hydrogen) atoms. The Balaban J connectivity index is 0.000000360. The van der Waals surface area contributed by atoms with Gasteiger partial charge in [-0.2, -0.15) is 6.42 Å². The Hall–Kier alpha value is 0.557. The molecular formula is C5H9LiN-. The molecule has 0 radical (unpaired) electrons. The Labute approximate surface area is 57.0 Å². The first-order valence-corrected chi connectivity index (χ1v) is 2.28. The van der Waals surface area contributed by atoms with E-state index in [1.54, 1.807) is 0 Å². The Morgan fingerprint density at radius 2 is 2.43 bits per heavy atom. The van der Waals surface area contributed by atoms with Gasteiger partial charge in [0.25, 0.3) is 0 Å². The van der Waals surface area contributed by atoms with E-state index in [0.717, 1.165) is 13.0 Å². The molecule has 1 rings (SSSR count). The van der Waals surface area contributed by atoms with Gasteiger partial charge in [-0.25, -0.2) is 0 Å². The molecule has 1 fully saturated rings. The summed E-state index contributed by atoms with van der Waals surface area (Å²) in [5.41, 5.74) is 0. The van der Waals surface area contributed by atoms with Gasteiger partial charge in [-0.15, -0.1) is 12.6 Å². The maximum Gasteiger partial charge on any atom is 1.00 e. The van der Waals surface area contributed by atoms with E-state index in [0.29, 0.717) is 6.04 Å². The second kappa shape index (κ2) is 3.55. The van der Waals surface area contributed by atoms with Crippen LogP contribution in [0.1, 0.15) is 6.42 Å². The van der Waals surface area contributed by atoms with Crippen LogP contribution in [0.25, 0.3) is 0 Å². The molecule has 0 aromatic rings. The first kappa shape index (κ1) is 7.56. The normalized spacial score (nSPS) is 29.6. The fraction of sp³-hybridized carbons (Fsp3) is 0.600. The molecule has 1 aliphatic rings. The molecule has 36 valence electrons. The monoisotopic (exact) mass is 90.1 g/mol. The zero-order valence-electron chi connectivity index (χ0n) is 4.78. The van der Waals surface area contributed by atoms with Gasteiger partial charge >= 0.3 is 18.9 Å². The van der Waals surface area contributed by atoms with Crippen molar-refractivity contribution in [2.24, 2.45) is 0 Å². The van der Waals surface area contributed by atoms with Crippen LogP contribution < -0.4 is 24.2 Å². The van der Waals surface area contributed by atoms with E-state index in [1.807, 2.05) is 0 Å². The summed E-state index contributed by atoms with van der Waals surface area (Å²) in [6.07, 6.45) is 3.34.